The molecule has 2 heterocycles. The molecular weight excluding hydrogens is 276 g/mol. The van der Waals surface area contributed by atoms with Crippen molar-refractivity contribution >= 4 is 17.9 Å². The van der Waals surface area contributed by atoms with Crippen molar-refractivity contribution in [3.8, 4) is 0 Å². The lowest BCUT2D eigenvalue weighted by Gasteiger charge is -2.22. The van der Waals surface area contributed by atoms with Gasteiger partial charge in [0, 0.05) is 19.3 Å². The lowest BCUT2D eigenvalue weighted by molar-refractivity contribution is -0.124. The number of pyridine rings is 1. The fourth-order valence-corrected chi connectivity index (χ4v) is 1.96. The topological polar surface area (TPSA) is 120 Å². The monoisotopic (exact) mass is 292 g/mol. The molecule has 1 aromatic rings. The molecule has 2 rings (SSSR count). The van der Waals surface area contributed by atoms with Crippen LogP contribution in [0.15, 0.2) is 18.3 Å². The summed E-state index contributed by atoms with van der Waals surface area (Å²) in [7, 11) is 0. The number of carboxylic acids is 1. The fraction of sp³-hybridized carbons (Fsp3) is 0.385. The van der Waals surface area contributed by atoms with Gasteiger partial charge in [-0.25, -0.2) is 14.6 Å². The van der Waals surface area contributed by atoms with Crippen LogP contribution in [0.4, 0.5) is 4.79 Å². The van der Waals surface area contributed by atoms with E-state index in [1.807, 2.05) is 0 Å². The molecule has 0 bridgehead atoms. The highest BCUT2D eigenvalue weighted by Gasteiger charge is 2.23. The number of carbonyl (C=O) groups is 3. The van der Waals surface area contributed by atoms with Crippen molar-refractivity contribution in [3.05, 3.63) is 29.6 Å². The maximum absolute atomic E-state index is 11.7. The van der Waals surface area contributed by atoms with Crippen LogP contribution in [0, 0.1) is 0 Å². The highest BCUT2D eigenvalue weighted by molar-refractivity contribution is 5.87. The quantitative estimate of drug-likeness (QED) is 0.615. The van der Waals surface area contributed by atoms with Gasteiger partial charge in [0.25, 0.3) is 0 Å². The van der Waals surface area contributed by atoms with Crippen LogP contribution in [0.25, 0.3) is 0 Å². The number of aromatic carboxylic acids is 1. The van der Waals surface area contributed by atoms with Gasteiger partial charge < -0.3 is 21.1 Å². The van der Waals surface area contributed by atoms with Gasteiger partial charge in [-0.2, -0.15) is 0 Å². The van der Waals surface area contributed by atoms with E-state index in [1.54, 1.807) is 6.07 Å². The maximum atomic E-state index is 11.7. The van der Waals surface area contributed by atoms with Gasteiger partial charge in [-0.15, -0.1) is 0 Å². The molecule has 8 heteroatoms. The molecule has 0 radical (unpaired) electrons. The van der Waals surface area contributed by atoms with Gasteiger partial charge in [-0.05, 0) is 24.5 Å². The zero-order chi connectivity index (χ0) is 15.2. The summed E-state index contributed by atoms with van der Waals surface area (Å²) in [6.07, 6.45) is 2.84. The predicted octanol–water partition coefficient (Wildman–Crippen LogP) is -0.142. The summed E-state index contributed by atoms with van der Waals surface area (Å²) in [4.78, 5) is 37.6. The van der Waals surface area contributed by atoms with E-state index in [0.717, 1.165) is 6.42 Å². The largest absolute Gasteiger partial charge is 0.477 e. The Morgan fingerprint density at radius 2 is 2.24 bits per heavy atom. The number of hydrogen-bond donors (Lipinski definition) is 4. The van der Waals surface area contributed by atoms with Gasteiger partial charge in [0.1, 0.15) is 11.7 Å². The first-order valence-corrected chi connectivity index (χ1v) is 6.56. The van der Waals surface area contributed by atoms with Crippen molar-refractivity contribution in [2.75, 3.05) is 6.54 Å². The molecule has 3 amide bonds. The summed E-state index contributed by atoms with van der Waals surface area (Å²) >= 11 is 0. The summed E-state index contributed by atoms with van der Waals surface area (Å²) in [5.41, 5.74) is 0.616. The highest BCUT2D eigenvalue weighted by Crippen LogP contribution is 2.03. The van der Waals surface area contributed by atoms with Crippen LogP contribution in [0.2, 0.25) is 0 Å². The normalized spacial score (nSPS) is 17.7. The molecular formula is C13H16N4O4. The van der Waals surface area contributed by atoms with Crippen LogP contribution in [-0.4, -0.2) is 40.6 Å². The van der Waals surface area contributed by atoms with Crippen molar-refractivity contribution in [1.82, 2.24) is 20.9 Å². The van der Waals surface area contributed by atoms with E-state index in [0.29, 0.717) is 18.5 Å². The third kappa shape index (κ3) is 4.16. The zero-order valence-corrected chi connectivity index (χ0v) is 11.3. The molecule has 0 spiro atoms. The Morgan fingerprint density at radius 3 is 2.86 bits per heavy atom. The Bertz CT molecular complexity index is 544. The zero-order valence-electron chi connectivity index (χ0n) is 11.3. The Hall–Kier alpha value is -2.64. The van der Waals surface area contributed by atoms with Gasteiger partial charge in [-0.3, -0.25) is 4.79 Å². The van der Waals surface area contributed by atoms with Gasteiger partial charge >= 0.3 is 12.0 Å². The minimum Gasteiger partial charge on any atom is -0.477 e. The number of hydrogen-bond acceptors (Lipinski definition) is 4. The average molecular weight is 292 g/mol. The number of nitrogens with zero attached hydrogens (tertiary/aromatic N) is 1. The summed E-state index contributed by atoms with van der Waals surface area (Å²) in [5.74, 6) is -1.28. The molecule has 8 nitrogen and oxygen atoms in total. The van der Waals surface area contributed by atoms with E-state index in [1.165, 1.54) is 12.3 Å². The smallest absolute Gasteiger partial charge is 0.354 e. The Labute approximate surface area is 120 Å². The second kappa shape index (κ2) is 6.69. The molecule has 112 valence electrons. The first kappa shape index (κ1) is 14.8. The molecule has 1 atom stereocenters. The SMILES string of the molecule is O=C(NCc1ccc(C(=O)O)nc1)NC1CCCNC1=O. The summed E-state index contributed by atoms with van der Waals surface area (Å²) in [6.45, 7) is 0.841. The van der Waals surface area contributed by atoms with Gasteiger partial charge in [0.2, 0.25) is 5.91 Å². The summed E-state index contributed by atoms with van der Waals surface area (Å²) in [6, 6.07) is 1.99. The lowest BCUT2D eigenvalue weighted by Crippen LogP contribution is -2.52. The average Bonchev–Trinajstić information content (AvgIpc) is 2.48. The van der Waals surface area contributed by atoms with Crippen LogP contribution in [0.3, 0.4) is 0 Å². The van der Waals surface area contributed by atoms with E-state index in [2.05, 4.69) is 20.9 Å². The van der Waals surface area contributed by atoms with Gasteiger partial charge in [0.05, 0.1) is 0 Å². The van der Waals surface area contributed by atoms with Gasteiger partial charge in [-0.1, -0.05) is 6.07 Å². The van der Waals surface area contributed by atoms with Crippen molar-refractivity contribution in [1.29, 1.82) is 0 Å². The first-order valence-electron chi connectivity index (χ1n) is 6.56. The van der Waals surface area contributed by atoms with E-state index in [9.17, 15) is 14.4 Å². The van der Waals surface area contributed by atoms with Gasteiger partial charge in [0.15, 0.2) is 0 Å². The molecule has 0 saturated carbocycles. The molecule has 1 fully saturated rings. The van der Waals surface area contributed by atoms with E-state index in [-0.39, 0.29) is 18.1 Å². The minimum atomic E-state index is -1.10. The van der Waals surface area contributed by atoms with Crippen LogP contribution in [0.1, 0.15) is 28.9 Å². The van der Waals surface area contributed by atoms with Crippen molar-refractivity contribution in [2.45, 2.75) is 25.4 Å². The van der Waals surface area contributed by atoms with E-state index in [4.69, 9.17) is 5.11 Å². The third-order valence-electron chi connectivity index (χ3n) is 3.09. The Morgan fingerprint density at radius 1 is 1.43 bits per heavy atom. The van der Waals surface area contributed by atoms with E-state index >= 15 is 0 Å². The number of piperidine rings is 1. The second-order valence-corrected chi connectivity index (χ2v) is 4.67. The molecule has 1 aliphatic heterocycles. The van der Waals surface area contributed by atoms with Crippen molar-refractivity contribution in [2.24, 2.45) is 0 Å². The summed E-state index contributed by atoms with van der Waals surface area (Å²) < 4.78 is 0. The second-order valence-electron chi connectivity index (χ2n) is 4.67. The Kier molecular flexibility index (Phi) is 4.70. The van der Waals surface area contributed by atoms with Crippen LogP contribution in [-0.2, 0) is 11.3 Å². The third-order valence-corrected chi connectivity index (χ3v) is 3.09. The number of carboxylic acid groups (broad SMARTS) is 1. The number of nitrogens with one attached hydrogen (secondary N) is 3. The first-order chi connectivity index (χ1) is 10.1. The molecule has 0 aromatic carbocycles. The lowest BCUT2D eigenvalue weighted by atomic mass is 10.1. The maximum Gasteiger partial charge on any atom is 0.354 e. The molecule has 21 heavy (non-hydrogen) atoms. The fourth-order valence-electron chi connectivity index (χ4n) is 1.96. The van der Waals surface area contributed by atoms with Crippen LogP contribution >= 0.6 is 0 Å². The minimum absolute atomic E-state index is 0.0536. The molecule has 0 aliphatic carbocycles. The molecule has 1 aromatic heterocycles. The van der Waals surface area contributed by atoms with Crippen LogP contribution in [0.5, 0.6) is 0 Å². The molecule has 4 N–H and O–H groups in total. The number of amides is 3. The standard InChI is InChI=1S/C13H16N4O4/c18-11-9(2-1-5-14-11)17-13(21)16-7-8-3-4-10(12(19)20)15-6-8/h3-4,6,9H,1-2,5,7H2,(H,14,18)(H,19,20)(H2,16,17,21). The highest BCUT2D eigenvalue weighted by atomic mass is 16.4. The number of rotatable bonds is 4. The molecule has 1 aliphatic rings. The predicted molar refractivity (Wildman–Crippen MR) is 72.6 cm³/mol. The summed E-state index contributed by atoms with van der Waals surface area (Å²) in [5, 5.41) is 16.6. The Balaban J connectivity index is 1.80. The number of carbonyl (C=O) groups excluding carboxylic acids is 2. The van der Waals surface area contributed by atoms with Crippen molar-refractivity contribution < 1.29 is 19.5 Å². The molecule has 1 unspecified atom stereocenters. The molecule has 1 saturated heterocycles. The van der Waals surface area contributed by atoms with Crippen molar-refractivity contribution in [3.63, 3.8) is 0 Å². The number of urea groups is 1. The number of aromatic nitrogens is 1. The van der Waals surface area contributed by atoms with Crippen LogP contribution < -0.4 is 16.0 Å². The van der Waals surface area contributed by atoms with E-state index < -0.39 is 18.0 Å².